The van der Waals surface area contributed by atoms with Gasteiger partial charge in [0, 0.05) is 19.1 Å². The highest BCUT2D eigenvalue weighted by atomic mass is 16.3. The van der Waals surface area contributed by atoms with E-state index in [1.807, 2.05) is 12.1 Å². The molecule has 0 atom stereocenters. The van der Waals surface area contributed by atoms with Gasteiger partial charge in [0.05, 0.1) is 12.6 Å². The molecule has 0 aromatic heterocycles. The average molecular weight is 425 g/mol. The van der Waals surface area contributed by atoms with Crippen LogP contribution in [0.15, 0.2) is 36.4 Å². The smallest absolute Gasteiger partial charge is 0.234 e. The molecule has 0 spiro atoms. The predicted octanol–water partition coefficient (Wildman–Crippen LogP) is 3.78. The summed E-state index contributed by atoms with van der Waals surface area (Å²) in [6.07, 6.45) is 3.91. The Balaban J connectivity index is 1.60. The van der Waals surface area contributed by atoms with Gasteiger partial charge >= 0.3 is 0 Å². The van der Waals surface area contributed by atoms with Crippen LogP contribution in [0.25, 0.3) is 0 Å². The Hall–Kier alpha value is -2.37. The molecule has 5 heteroatoms. The first-order valence-corrected chi connectivity index (χ1v) is 11.3. The van der Waals surface area contributed by atoms with Crippen LogP contribution in [0.5, 0.6) is 5.75 Å². The third-order valence-electron chi connectivity index (χ3n) is 6.36. The van der Waals surface area contributed by atoms with Crippen LogP contribution in [0.2, 0.25) is 0 Å². The van der Waals surface area contributed by atoms with Crippen LogP contribution < -0.4 is 5.32 Å². The summed E-state index contributed by atoms with van der Waals surface area (Å²) in [4.78, 5) is 15.0. The number of carbonyl (C=O) groups is 1. The predicted molar refractivity (Wildman–Crippen MR) is 124 cm³/mol. The number of aliphatic hydroxyl groups is 1. The summed E-state index contributed by atoms with van der Waals surface area (Å²) < 4.78 is 0. The number of aliphatic hydroxyl groups excluding tert-OH is 1. The summed E-state index contributed by atoms with van der Waals surface area (Å²) in [6.45, 7) is 7.92. The monoisotopic (exact) mass is 424 g/mol. The summed E-state index contributed by atoms with van der Waals surface area (Å²) in [7, 11) is 0. The lowest BCUT2D eigenvalue weighted by Gasteiger charge is -2.35. The zero-order chi connectivity index (χ0) is 22.4. The van der Waals surface area contributed by atoms with Crippen LogP contribution in [-0.2, 0) is 17.8 Å². The van der Waals surface area contributed by atoms with Crippen molar-refractivity contribution in [2.45, 2.75) is 71.6 Å². The lowest BCUT2D eigenvalue weighted by atomic mass is 9.91. The molecule has 0 heterocycles. The van der Waals surface area contributed by atoms with Crippen LogP contribution >= 0.6 is 0 Å². The van der Waals surface area contributed by atoms with E-state index in [0.717, 1.165) is 37.7 Å². The molecule has 168 valence electrons. The lowest BCUT2D eigenvalue weighted by molar-refractivity contribution is -0.123. The first-order valence-electron chi connectivity index (χ1n) is 11.3. The van der Waals surface area contributed by atoms with E-state index in [2.05, 4.69) is 43.1 Å². The minimum absolute atomic E-state index is 0.0219. The van der Waals surface area contributed by atoms with Gasteiger partial charge in [0.25, 0.3) is 0 Å². The number of phenolic OH excluding ortho intramolecular Hbond substituents is 1. The molecule has 0 unspecified atom stereocenters. The van der Waals surface area contributed by atoms with E-state index in [4.69, 9.17) is 0 Å². The summed E-state index contributed by atoms with van der Waals surface area (Å²) in [5.74, 6) is 0.262. The maximum atomic E-state index is 12.8. The van der Waals surface area contributed by atoms with Gasteiger partial charge in [-0.1, -0.05) is 29.8 Å². The number of rotatable bonds is 8. The molecule has 0 aliphatic heterocycles. The number of hydrogen-bond acceptors (Lipinski definition) is 4. The van der Waals surface area contributed by atoms with E-state index in [1.165, 1.54) is 22.3 Å². The molecule has 2 aromatic rings. The van der Waals surface area contributed by atoms with Crippen molar-refractivity contribution in [2.24, 2.45) is 0 Å². The molecule has 0 bridgehead atoms. The van der Waals surface area contributed by atoms with Crippen molar-refractivity contribution in [3.05, 3.63) is 64.2 Å². The number of carbonyl (C=O) groups excluding carboxylic acids is 1. The van der Waals surface area contributed by atoms with Crippen molar-refractivity contribution in [3.8, 4) is 5.75 Å². The normalized spacial score (nSPS) is 18.9. The summed E-state index contributed by atoms with van der Waals surface area (Å²) >= 11 is 0. The van der Waals surface area contributed by atoms with Gasteiger partial charge in [-0.25, -0.2) is 0 Å². The van der Waals surface area contributed by atoms with Crippen LogP contribution in [0.3, 0.4) is 0 Å². The lowest BCUT2D eigenvalue weighted by Crippen LogP contribution is -2.44. The largest absolute Gasteiger partial charge is 0.508 e. The van der Waals surface area contributed by atoms with Crippen LogP contribution in [0.4, 0.5) is 0 Å². The molecular weight excluding hydrogens is 388 g/mol. The maximum absolute atomic E-state index is 12.8. The van der Waals surface area contributed by atoms with Gasteiger partial charge in [0.15, 0.2) is 0 Å². The number of nitrogens with one attached hydrogen (secondary N) is 1. The number of amides is 1. The third-order valence-corrected chi connectivity index (χ3v) is 6.36. The Morgan fingerprint density at radius 1 is 1.06 bits per heavy atom. The summed E-state index contributed by atoms with van der Waals surface area (Å²) in [6, 6.07) is 11.9. The molecule has 3 N–H and O–H groups in total. The molecule has 1 fully saturated rings. The van der Waals surface area contributed by atoms with E-state index in [9.17, 15) is 15.0 Å². The molecule has 3 rings (SSSR count). The molecule has 1 saturated carbocycles. The Kier molecular flexibility index (Phi) is 8.10. The quantitative estimate of drug-likeness (QED) is 0.603. The van der Waals surface area contributed by atoms with Crippen molar-refractivity contribution in [3.63, 3.8) is 0 Å². The molecule has 31 heavy (non-hydrogen) atoms. The van der Waals surface area contributed by atoms with Crippen LogP contribution in [0, 0.1) is 20.8 Å². The second-order valence-corrected chi connectivity index (χ2v) is 9.01. The molecule has 5 nitrogen and oxygen atoms in total. The van der Waals surface area contributed by atoms with E-state index >= 15 is 0 Å². The van der Waals surface area contributed by atoms with Crippen LogP contribution in [0.1, 0.15) is 53.5 Å². The van der Waals surface area contributed by atoms with Crippen LogP contribution in [-0.4, -0.2) is 46.3 Å². The first-order chi connectivity index (χ1) is 14.8. The first kappa shape index (κ1) is 23.3. The van der Waals surface area contributed by atoms with Gasteiger partial charge in [0.1, 0.15) is 5.75 Å². The van der Waals surface area contributed by atoms with Crippen molar-refractivity contribution < 1.29 is 15.0 Å². The van der Waals surface area contributed by atoms with E-state index in [0.29, 0.717) is 19.6 Å². The van der Waals surface area contributed by atoms with Gasteiger partial charge in [-0.2, -0.15) is 0 Å². The Morgan fingerprint density at radius 3 is 2.39 bits per heavy atom. The zero-order valence-corrected chi connectivity index (χ0v) is 19.0. The highest BCUT2D eigenvalue weighted by Gasteiger charge is 2.26. The number of benzene rings is 2. The minimum atomic E-state index is -0.228. The van der Waals surface area contributed by atoms with Crippen molar-refractivity contribution in [2.75, 3.05) is 13.1 Å². The van der Waals surface area contributed by atoms with Gasteiger partial charge < -0.3 is 15.5 Å². The molecule has 2 aromatic carbocycles. The standard InChI is InChI=1S/C26H36N2O3/c1-18-13-19(2)25(20(3)14-18)11-12-27-26(31)17-28(22-7-9-23(29)10-8-22)16-21-5-4-6-24(30)15-21/h4-6,13-15,22-23,29-30H,7-12,16-17H2,1-3H3,(H,27,31). The fourth-order valence-electron chi connectivity index (χ4n) is 4.80. The van der Waals surface area contributed by atoms with Gasteiger partial charge in [-0.3, -0.25) is 9.69 Å². The number of nitrogens with zero attached hydrogens (tertiary/aromatic N) is 1. The van der Waals surface area contributed by atoms with Gasteiger partial charge in [-0.05, 0) is 87.3 Å². The highest BCUT2D eigenvalue weighted by Crippen LogP contribution is 2.25. The zero-order valence-electron chi connectivity index (χ0n) is 19.0. The highest BCUT2D eigenvalue weighted by molar-refractivity contribution is 5.78. The summed E-state index contributed by atoms with van der Waals surface area (Å²) in [5.41, 5.74) is 6.12. The molecule has 0 radical (unpaired) electrons. The minimum Gasteiger partial charge on any atom is -0.508 e. The van der Waals surface area contributed by atoms with Crippen molar-refractivity contribution >= 4 is 5.91 Å². The third kappa shape index (κ3) is 6.81. The second kappa shape index (κ2) is 10.8. The fourth-order valence-corrected chi connectivity index (χ4v) is 4.80. The number of aryl methyl sites for hydroxylation is 3. The topological polar surface area (TPSA) is 72.8 Å². The average Bonchev–Trinajstić information content (AvgIpc) is 2.70. The maximum Gasteiger partial charge on any atom is 0.234 e. The number of phenols is 1. The van der Waals surface area contributed by atoms with Gasteiger partial charge in [0.2, 0.25) is 5.91 Å². The fraction of sp³-hybridized carbons (Fsp3) is 0.500. The molecular formula is C26H36N2O3. The summed E-state index contributed by atoms with van der Waals surface area (Å²) in [5, 5.41) is 22.8. The Bertz CT molecular complexity index is 865. The van der Waals surface area contributed by atoms with E-state index < -0.39 is 0 Å². The van der Waals surface area contributed by atoms with Gasteiger partial charge in [-0.15, -0.1) is 0 Å². The van der Waals surface area contributed by atoms with Crippen molar-refractivity contribution in [1.29, 1.82) is 0 Å². The van der Waals surface area contributed by atoms with E-state index in [1.54, 1.807) is 12.1 Å². The number of aromatic hydroxyl groups is 1. The molecule has 1 aliphatic carbocycles. The van der Waals surface area contributed by atoms with E-state index in [-0.39, 0.29) is 23.8 Å². The Morgan fingerprint density at radius 2 is 1.74 bits per heavy atom. The second-order valence-electron chi connectivity index (χ2n) is 9.01. The molecule has 1 amide bonds. The number of hydrogen-bond donors (Lipinski definition) is 3. The molecule has 0 saturated heterocycles. The Labute approximate surface area is 186 Å². The molecule has 1 aliphatic rings. The van der Waals surface area contributed by atoms with Crippen molar-refractivity contribution in [1.82, 2.24) is 10.2 Å². The SMILES string of the molecule is Cc1cc(C)c(CCNC(=O)CN(Cc2cccc(O)c2)C2CCC(O)CC2)c(C)c1.